The summed E-state index contributed by atoms with van der Waals surface area (Å²) in [6.45, 7) is 0.613. The van der Waals surface area contributed by atoms with Gasteiger partial charge in [-0.1, -0.05) is 17.7 Å². The number of methoxy groups -OCH3 is 1. The van der Waals surface area contributed by atoms with Crippen molar-refractivity contribution in [3.8, 4) is 5.75 Å². The van der Waals surface area contributed by atoms with Gasteiger partial charge in [0.15, 0.2) is 0 Å². The lowest BCUT2D eigenvalue weighted by Gasteiger charge is -2.30. The fourth-order valence-electron chi connectivity index (χ4n) is 3.06. The van der Waals surface area contributed by atoms with Crippen molar-refractivity contribution in [3.63, 3.8) is 0 Å². The lowest BCUT2D eigenvalue weighted by molar-refractivity contribution is -0.120. The number of ether oxygens (including phenoxy) is 1. The highest BCUT2D eigenvalue weighted by Crippen LogP contribution is 2.26. The number of amides is 1. The molecule has 27 heavy (non-hydrogen) atoms. The second-order valence-corrected chi connectivity index (χ2v) is 8.73. The third-order valence-corrected chi connectivity index (χ3v) is 6.78. The fraction of sp³-hybridized carbons (Fsp3) is 0.316. The van der Waals surface area contributed by atoms with E-state index >= 15 is 0 Å². The molecule has 144 valence electrons. The molecule has 0 unspecified atom stereocenters. The summed E-state index contributed by atoms with van der Waals surface area (Å²) in [6, 6.07) is 13.3. The molecule has 0 aliphatic carbocycles. The molecule has 1 saturated heterocycles. The van der Waals surface area contributed by atoms with Crippen LogP contribution in [0.15, 0.2) is 53.4 Å². The zero-order valence-corrected chi connectivity index (χ0v) is 16.5. The number of carbonyl (C=O) groups excluding carboxylic acids is 1. The Morgan fingerprint density at radius 1 is 1.15 bits per heavy atom. The van der Waals surface area contributed by atoms with Gasteiger partial charge in [-0.05, 0) is 49.2 Å². The molecule has 1 aliphatic heterocycles. The van der Waals surface area contributed by atoms with Crippen LogP contribution in [-0.4, -0.2) is 38.8 Å². The summed E-state index contributed by atoms with van der Waals surface area (Å²) in [7, 11) is -2.00. The first-order chi connectivity index (χ1) is 12.9. The number of nitrogens with zero attached hydrogens (tertiary/aromatic N) is 1. The molecule has 0 atom stereocenters. The van der Waals surface area contributed by atoms with Crippen molar-refractivity contribution in [2.24, 2.45) is 5.92 Å². The van der Waals surface area contributed by atoms with Gasteiger partial charge in [0.1, 0.15) is 5.75 Å². The summed E-state index contributed by atoms with van der Waals surface area (Å²) >= 11 is 5.83. The number of hydrogen-bond donors (Lipinski definition) is 1. The topological polar surface area (TPSA) is 75.7 Å². The predicted octanol–water partition coefficient (Wildman–Crippen LogP) is 3.39. The van der Waals surface area contributed by atoms with Gasteiger partial charge in [-0.2, -0.15) is 4.31 Å². The van der Waals surface area contributed by atoms with Crippen LogP contribution in [-0.2, 0) is 14.8 Å². The molecule has 0 aromatic heterocycles. The van der Waals surface area contributed by atoms with Gasteiger partial charge < -0.3 is 10.1 Å². The monoisotopic (exact) mass is 408 g/mol. The molecule has 2 aromatic rings. The first-order valence-electron chi connectivity index (χ1n) is 8.61. The number of nitrogens with one attached hydrogen (secondary N) is 1. The van der Waals surface area contributed by atoms with E-state index < -0.39 is 10.0 Å². The van der Waals surface area contributed by atoms with E-state index in [1.807, 2.05) is 0 Å². The van der Waals surface area contributed by atoms with E-state index in [1.54, 1.807) is 43.5 Å². The first kappa shape index (κ1) is 19.7. The molecular weight excluding hydrogens is 388 g/mol. The Morgan fingerprint density at radius 3 is 2.44 bits per heavy atom. The highest BCUT2D eigenvalue weighted by molar-refractivity contribution is 7.89. The summed E-state index contributed by atoms with van der Waals surface area (Å²) < 4.78 is 32.0. The molecule has 3 rings (SSSR count). The Morgan fingerprint density at radius 2 is 1.81 bits per heavy atom. The molecule has 1 aliphatic rings. The molecule has 0 radical (unpaired) electrons. The third-order valence-electron chi connectivity index (χ3n) is 4.61. The molecule has 2 aromatic carbocycles. The van der Waals surface area contributed by atoms with Crippen LogP contribution in [0.5, 0.6) is 5.75 Å². The Labute approximate surface area is 164 Å². The van der Waals surface area contributed by atoms with Gasteiger partial charge in [-0.15, -0.1) is 0 Å². The van der Waals surface area contributed by atoms with Crippen LogP contribution in [0.4, 0.5) is 5.69 Å². The Bertz CT molecular complexity index is 908. The SMILES string of the molecule is COc1cccc(NC(=O)C2CCN(S(=O)(=O)c3ccc(Cl)cc3)CC2)c1. The number of piperidine rings is 1. The third kappa shape index (κ3) is 4.61. The summed E-state index contributed by atoms with van der Waals surface area (Å²) in [5, 5.41) is 3.36. The molecule has 1 fully saturated rings. The Kier molecular flexibility index (Phi) is 6.04. The minimum absolute atomic E-state index is 0.105. The quantitative estimate of drug-likeness (QED) is 0.822. The summed E-state index contributed by atoms with van der Waals surface area (Å²) in [6.07, 6.45) is 0.950. The molecule has 8 heteroatoms. The van der Waals surface area contributed by atoms with E-state index in [1.165, 1.54) is 16.4 Å². The molecule has 6 nitrogen and oxygen atoms in total. The van der Waals surface area contributed by atoms with Crippen LogP contribution in [0, 0.1) is 5.92 Å². The number of anilines is 1. The Balaban J connectivity index is 1.61. The van der Waals surface area contributed by atoms with Gasteiger partial charge in [0.25, 0.3) is 0 Å². The molecule has 0 spiro atoms. The van der Waals surface area contributed by atoms with Crippen LogP contribution in [0.2, 0.25) is 5.02 Å². The Hall–Kier alpha value is -2.09. The van der Waals surface area contributed by atoms with Crippen molar-refractivity contribution in [1.29, 1.82) is 0 Å². The molecule has 1 amide bonds. The number of sulfonamides is 1. The van der Waals surface area contributed by atoms with Crippen molar-refractivity contribution in [3.05, 3.63) is 53.6 Å². The van der Waals surface area contributed by atoms with Gasteiger partial charge >= 0.3 is 0 Å². The van der Waals surface area contributed by atoms with Gasteiger partial charge in [0.05, 0.1) is 12.0 Å². The second-order valence-electron chi connectivity index (χ2n) is 6.35. The van der Waals surface area contributed by atoms with Gasteiger partial charge in [0, 0.05) is 35.8 Å². The number of halogens is 1. The average molecular weight is 409 g/mol. The predicted molar refractivity (Wildman–Crippen MR) is 105 cm³/mol. The zero-order valence-electron chi connectivity index (χ0n) is 14.9. The lowest BCUT2D eigenvalue weighted by Crippen LogP contribution is -2.41. The van der Waals surface area contributed by atoms with Crippen molar-refractivity contribution >= 4 is 33.2 Å². The molecule has 0 bridgehead atoms. The van der Waals surface area contributed by atoms with E-state index in [2.05, 4.69) is 5.32 Å². The maximum absolute atomic E-state index is 12.7. The highest BCUT2D eigenvalue weighted by Gasteiger charge is 2.32. The van der Waals surface area contributed by atoms with Gasteiger partial charge in [0.2, 0.25) is 15.9 Å². The van der Waals surface area contributed by atoms with E-state index in [0.29, 0.717) is 42.4 Å². The number of benzene rings is 2. The normalized spacial score (nSPS) is 16.1. The van der Waals surface area contributed by atoms with Crippen LogP contribution in [0.3, 0.4) is 0 Å². The van der Waals surface area contributed by atoms with Gasteiger partial charge in [-0.25, -0.2) is 8.42 Å². The highest BCUT2D eigenvalue weighted by atomic mass is 35.5. The van der Waals surface area contributed by atoms with E-state index in [0.717, 1.165) is 0 Å². The molecule has 0 saturated carbocycles. The summed E-state index contributed by atoms with van der Waals surface area (Å²) in [5.74, 6) is 0.330. The molecule has 1 heterocycles. The first-order valence-corrected chi connectivity index (χ1v) is 10.4. The van der Waals surface area contributed by atoms with Crippen molar-refractivity contribution in [2.75, 3.05) is 25.5 Å². The maximum Gasteiger partial charge on any atom is 0.243 e. The summed E-state index contributed by atoms with van der Waals surface area (Å²) in [4.78, 5) is 12.7. The summed E-state index contributed by atoms with van der Waals surface area (Å²) in [5.41, 5.74) is 0.663. The molecule has 1 N–H and O–H groups in total. The number of rotatable bonds is 5. The van der Waals surface area contributed by atoms with Crippen LogP contribution in [0.1, 0.15) is 12.8 Å². The van der Waals surface area contributed by atoms with Crippen LogP contribution >= 0.6 is 11.6 Å². The lowest BCUT2D eigenvalue weighted by atomic mass is 9.97. The number of hydrogen-bond acceptors (Lipinski definition) is 4. The van der Waals surface area contributed by atoms with Crippen molar-refractivity contribution in [1.82, 2.24) is 4.31 Å². The van der Waals surface area contributed by atoms with E-state index in [-0.39, 0.29) is 16.7 Å². The van der Waals surface area contributed by atoms with E-state index in [9.17, 15) is 13.2 Å². The second kappa shape index (κ2) is 8.29. The largest absolute Gasteiger partial charge is 0.497 e. The van der Waals surface area contributed by atoms with E-state index in [4.69, 9.17) is 16.3 Å². The fourth-order valence-corrected chi connectivity index (χ4v) is 4.65. The average Bonchev–Trinajstić information content (AvgIpc) is 2.68. The smallest absolute Gasteiger partial charge is 0.243 e. The molecular formula is C19H21ClN2O4S. The standard InChI is InChI=1S/C19H21ClN2O4S/c1-26-17-4-2-3-16(13-17)21-19(23)14-9-11-22(12-10-14)27(24,25)18-7-5-15(20)6-8-18/h2-8,13-14H,9-12H2,1H3,(H,21,23). The van der Waals surface area contributed by atoms with Crippen LogP contribution < -0.4 is 10.1 Å². The van der Waals surface area contributed by atoms with Crippen LogP contribution in [0.25, 0.3) is 0 Å². The minimum atomic E-state index is -3.57. The van der Waals surface area contributed by atoms with Crippen molar-refractivity contribution in [2.45, 2.75) is 17.7 Å². The van der Waals surface area contributed by atoms with Gasteiger partial charge in [-0.3, -0.25) is 4.79 Å². The maximum atomic E-state index is 12.7. The number of carbonyl (C=O) groups is 1. The van der Waals surface area contributed by atoms with Crippen molar-refractivity contribution < 1.29 is 17.9 Å². The minimum Gasteiger partial charge on any atom is -0.497 e. The zero-order chi connectivity index (χ0) is 19.4.